The van der Waals surface area contributed by atoms with Crippen molar-refractivity contribution >= 4 is 0 Å². The van der Waals surface area contributed by atoms with E-state index in [0.29, 0.717) is 24.6 Å². The van der Waals surface area contributed by atoms with Crippen molar-refractivity contribution in [3.8, 4) is 6.01 Å². The van der Waals surface area contributed by atoms with Gasteiger partial charge in [-0.1, -0.05) is 0 Å². The van der Waals surface area contributed by atoms with Gasteiger partial charge in [-0.2, -0.15) is 0 Å². The third-order valence-corrected chi connectivity index (χ3v) is 4.74. The normalized spacial score (nSPS) is 27.7. The molecule has 1 aliphatic carbocycles. The lowest BCUT2D eigenvalue weighted by Crippen LogP contribution is -2.50. The number of aromatic nitrogens is 2. The van der Waals surface area contributed by atoms with Crippen LogP contribution >= 0.6 is 0 Å². The van der Waals surface area contributed by atoms with Gasteiger partial charge in [0.1, 0.15) is 5.76 Å². The van der Waals surface area contributed by atoms with E-state index in [9.17, 15) is 0 Å². The number of nitrogens with zero attached hydrogens (tertiary/aromatic N) is 3. The summed E-state index contributed by atoms with van der Waals surface area (Å²) in [7, 11) is 0. The predicted octanol–water partition coefficient (Wildman–Crippen LogP) is 2.13. The first-order valence-electron chi connectivity index (χ1n) is 8.18. The molecule has 1 saturated carbocycles. The van der Waals surface area contributed by atoms with Crippen LogP contribution in [0.3, 0.4) is 0 Å². The summed E-state index contributed by atoms with van der Waals surface area (Å²) in [4.78, 5) is 10.7. The summed E-state index contributed by atoms with van der Waals surface area (Å²) in [5.41, 5.74) is 0. The molecule has 6 nitrogen and oxygen atoms in total. The number of hydrogen-bond donors (Lipinski definition) is 0. The molecule has 0 aromatic carbocycles. The second-order valence-electron chi connectivity index (χ2n) is 6.13. The Kier molecular flexibility index (Phi) is 4.26. The highest BCUT2D eigenvalue weighted by atomic mass is 16.5. The summed E-state index contributed by atoms with van der Waals surface area (Å²) < 4.78 is 17.3. The lowest BCUT2D eigenvalue weighted by molar-refractivity contribution is -0.0833. The number of hydrogen-bond acceptors (Lipinski definition) is 6. The Balaban J connectivity index is 1.37. The van der Waals surface area contributed by atoms with Gasteiger partial charge in [-0.05, 0) is 31.0 Å². The second-order valence-corrected chi connectivity index (χ2v) is 6.13. The highest BCUT2D eigenvalue weighted by molar-refractivity contribution is 5.02. The van der Waals surface area contributed by atoms with Gasteiger partial charge in [0.2, 0.25) is 0 Å². The average Bonchev–Trinajstić information content (AvgIpc) is 3.24. The summed E-state index contributed by atoms with van der Waals surface area (Å²) in [6, 6.07) is 6.65. The van der Waals surface area contributed by atoms with Crippen LogP contribution in [0, 0.1) is 5.92 Å². The van der Waals surface area contributed by atoms with Gasteiger partial charge in [-0.3, -0.25) is 4.90 Å². The van der Waals surface area contributed by atoms with Gasteiger partial charge in [0.25, 0.3) is 0 Å². The molecule has 1 saturated heterocycles. The van der Waals surface area contributed by atoms with Gasteiger partial charge < -0.3 is 13.9 Å². The van der Waals surface area contributed by atoms with Gasteiger partial charge in [0, 0.05) is 30.9 Å². The van der Waals surface area contributed by atoms with Crippen LogP contribution in [-0.4, -0.2) is 46.8 Å². The van der Waals surface area contributed by atoms with Gasteiger partial charge in [0.05, 0.1) is 32.1 Å². The molecule has 4 rings (SSSR count). The zero-order valence-electron chi connectivity index (χ0n) is 13.0. The summed E-state index contributed by atoms with van der Waals surface area (Å²) in [5.74, 6) is 1.41. The summed E-state index contributed by atoms with van der Waals surface area (Å²) in [6.07, 6.45) is 7.59. The molecule has 0 bridgehead atoms. The van der Waals surface area contributed by atoms with Crippen molar-refractivity contribution in [1.29, 1.82) is 0 Å². The molecule has 2 fully saturated rings. The van der Waals surface area contributed by atoms with Crippen molar-refractivity contribution in [2.45, 2.75) is 31.5 Å². The molecule has 23 heavy (non-hydrogen) atoms. The molecule has 122 valence electrons. The Bertz CT molecular complexity index is 605. The Morgan fingerprint density at radius 3 is 2.96 bits per heavy atom. The van der Waals surface area contributed by atoms with Crippen molar-refractivity contribution in [3.05, 3.63) is 42.6 Å². The highest BCUT2D eigenvalue weighted by Crippen LogP contribution is 2.35. The fourth-order valence-corrected chi connectivity index (χ4v) is 3.66. The van der Waals surface area contributed by atoms with E-state index < -0.39 is 0 Å². The lowest BCUT2D eigenvalue weighted by atomic mass is 10.0. The smallest absolute Gasteiger partial charge is 0.316 e. The van der Waals surface area contributed by atoms with Crippen LogP contribution in [0.1, 0.15) is 18.6 Å². The van der Waals surface area contributed by atoms with Crippen LogP contribution in [0.5, 0.6) is 6.01 Å². The topological polar surface area (TPSA) is 60.6 Å². The Morgan fingerprint density at radius 2 is 2.13 bits per heavy atom. The summed E-state index contributed by atoms with van der Waals surface area (Å²) >= 11 is 0. The molecule has 0 radical (unpaired) electrons. The van der Waals surface area contributed by atoms with Crippen molar-refractivity contribution in [3.63, 3.8) is 0 Å². The maximum absolute atomic E-state index is 6.06. The number of furan rings is 1. The molecule has 3 unspecified atom stereocenters. The second kappa shape index (κ2) is 6.68. The highest BCUT2D eigenvalue weighted by Gasteiger charge is 2.43. The summed E-state index contributed by atoms with van der Waals surface area (Å²) in [6.45, 7) is 3.18. The third-order valence-electron chi connectivity index (χ3n) is 4.74. The molecule has 3 heterocycles. The molecule has 0 N–H and O–H groups in total. The maximum atomic E-state index is 6.06. The number of fused-ring (bicyclic) bond motifs is 1. The standard InChI is InChI=1S/C17H21N3O3/c1-3-14(21-9-1)11-20-8-10-22-16-13(4-5-15(16)20)12-23-17-18-6-2-7-19-17/h1-3,6-7,9,13,15-16H,4-5,8,10-12H2. The molecule has 0 amide bonds. The van der Waals surface area contributed by atoms with Crippen molar-refractivity contribution in [2.24, 2.45) is 5.92 Å². The molecular formula is C17H21N3O3. The van der Waals surface area contributed by atoms with Crippen molar-refractivity contribution < 1.29 is 13.9 Å². The van der Waals surface area contributed by atoms with Crippen LogP contribution in [0.15, 0.2) is 41.3 Å². The fraction of sp³-hybridized carbons (Fsp3) is 0.529. The maximum Gasteiger partial charge on any atom is 0.316 e. The van der Waals surface area contributed by atoms with Gasteiger partial charge in [-0.15, -0.1) is 0 Å². The zero-order chi connectivity index (χ0) is 15.5. The lowest BCUT2D eigenvalue weighted by Gasteiger charge is -2.38. The van der Waals surface area contributed by atoms with Crippen LogP contribution < -0.4 is 4.74 Å². The minimum atomic E-state index is 0.224. The zero-order valence-corrected chi connectivity index (χ0v) is 13.0. The van der Waals surface area contributed by atoms with Crippen LogP contribution in [-0.2, 0) is 11.3 Å². The van der Waals surface area contributed by atoms with E-state index in [2.05, 4.69) is 14.9 Å². The van der Waals surface area contributed by atoms with E-state index in [1.807, 2.05) is 12.1 Å². The Labute approximate surface area is 135 Å². The quantitative estimate of drug-likeness (QED) is 0.842. The number of ether oxygens (including phenoxy) is 2. The first kappa shape index (κ1) is 14.7. The number of rotatable bonds is 5. The SMILES string of the molecule is c1cnc(OCC2CCC3C2OCCN3Cc2ccco2)nc1. The Hall–Kier alpha value is -1.92. The van der Waals surface area contributed by atoms with E-state index in [1.54, 1.807) is 24.7 Å². The van der Waals surface area contributed by atoms with E-state index in [0.717, 1.165) is 38.3 Å². The van der Waals surface area contributed by atoms with Crippen molar-refractivity contribution in [2.75, 3.05) is 19.8 Å². The minimum absolute atomic E-state index is 0.224. The molecule has 2 aromatic rings. The first-order chi connectivity index (χ1) is 11.4. The molecular weight excluding hydrogens is 294 g/mol. The van der Waals surface area contributed by atoms with Crippen LogP contribution in [0.4, 0.5) is 0 Å². The van der Waals surface area contributed by atoms with Crippen molar-refractivity contribution in [1.82, 2.24) is 14.9 Å². The summed E-state index contributed by atoms with van der Waals surface area (Å²) in [5, 5.41) is 0. The third kappa shape index (κ3) is 3.23. The number of morpholine rings is 1. The largest absolute Gasteiger partial charge is 0.468 e. The van der Waals surface area contributed by atoms with E-state index >= 15 is 0 Å². The Morgan fingerprint density at radius 1 is 1.22 bits per heavy atom. The molecule has 6 heteroatoms. The predicted molar refractivity (Wildman–Crippen MR) is 82.9 cm³/mol. The first-order valence-corrected chi connectivity index (χ1v) is 8.18. The van der Waals surface area contributed by atoms with Crippen LogP contribution in [0.25, 0.3) is 0 Å². The monoisotopic (exact) mass is 315 g/mol. The van der Waals surface area contributed by atoms with E-state index in [1.165, 1.54) is 0 Å². The molecule has 0 spiro atoms. The van der Waals surface area contributed by atoms with E-state index in [-0.39, 0.29) is 6.10 Å². The fourth-order valence-electron chi connectivity index (χ4n) is 3.66. The van der Waals surface area contributed by atoms with E-state index in [4.69, 9.17) is 13.9 Å². The average molecular weight is 315 g/mol. The van der Waals surface area contributed by atoms with Gasteiger partial charge in [0.15, 0.2) is 0 Å². The molecule has 2 aromatic heterocycles. The van der Waals surface area contributed by atoms with Gasteiger partial charge >= 0.3 is 6.01 Å². The molecule has 3 atom stereocenters. The minimum Gasteiger partial charge on any atom is -0.468 e. The van der Waals surface area contributed by atoms with Crippen LogP contribution in [0.2, 0.25) is 0 Å². The molecule has 1 aliphatic heterocycles. The van der Waals surface area contributed by atoms with Gasteiger partial charge in [-0.25, -0.2) is 9.97 Å². The molecule has 2 aliphatic rings.